The number of hydrogen-bond acceptors (Lipinski definition) is 5. The molecule has 94 valence electrons. The van der Waals surface area contributed by atoms with Gasteiger partial charge >= 0.3 is 0 Å². The van der Waals surface area contributed by atoms with Crippen molar-refractivity contribution in [3.8, 4) is 0 Å². The molecule has 1 amide bonds. The Morgan fingerprint density at radius 1 is 1.61 bits per heavy atom. The topological polar surface area (TPSA) is 88.5 Å². The Labute approximate surface area is 107 Å². The van der Waals surface area contributed by atoms with Crippen molar-refractivity contribution in [1.29, 1.82) is 0 Å². The van der Waals surface area contributed by atoms with E-state index in [1.165, 1.54) is 24.6 Å². The summed E-state index contributed by atoms with van der Waals surface area (Å²) in [6.07, 6.45) is 5.66. The van der Waals surface area contributed by atoms with Gasteiger partial charge in [0.05, 0.1) is 11.9 Å². The van der Waals surface area contributed by atoms with Gasteiger partial charge in [-0.2, -0.15) is 5.10 Å². The highest BCUT2D eigenvalue weighted by Crippen LogP contribution is 2.37. The summed E-state index contributed by atoms with van der Waals surface area (Å²) >= 11 is 1.40. The maximum Gasteiger partial charge on any atom is 0.235 e. The number of carbonyl (C=O) groups is 1. The molecule has 0 bridgehead atoms. The number of hydrogen-bond donors (Lipinski definition) is 2. The normalized spacial score (nSPS) is 14.7. The molecule has 2 aromatic heterocycles. The number of anilines is 1. The second-order valence-electron chi connectivity index (χ2n) is 4.06. The van der Waals surface area contributed by atoms with Gasteiger partial charge in [-0.25, -0.2) is 0 Å². The first-order valence-electron chi connectivity index (χ1n) is 5.64. The predicted molar refractivity (Wildman–Crippen MR) is 66.2 cm³/mol. The zero-order chi connectivity index (χ0) is 12.4. The number of H-pyrrole nitrogens is 1. The highest BCUT2D eigenvalue weighted by molar-refractivity contribution is 7.99. The molecule has 1 saturated carbocycles. The largest absolute Gasteiger partial charge is 0.310 e. The third-order valence-corrected chi connectivity index (χ3v) is 3.54. The molecule has 2 N–H and O–H groups in total. The lowest BCUT2D eigenvalue weighted by Crippen LogP contribution is -2.14. The number of aromatic amines is 1. The molecule has 7 nitrogen and oxygen atoms in total. The maximum atomic E-state index is 11.7. The van der Waals surface area contributed by atoms with Crippen LogP contribution in [0.25, 0.3) is 0 Å². The lowest BCUT2D eigenvalue weighted by atomic mass is 10.6. The van der Waals surface area contributed by atoms with Crippen LogP contribution in [0, 0.1) is 0 Å². The molecule has 2 heterocycles. The van der Waals surface area contributed by atoms with E-state index in [2.05, 4.69) is 25.7 Å². The van der Waals surface area contributed by atoms with E-state index in [1.54, 1.807) is 18.6 Å². The average molecular weight is 264 g/mol. The van der Waals surface area contributed by atoms with Crippen LogP contribution >= 0.6 is 11.8 Å². The summed E-state index contributed by atoms with van der Waals surface area (Å²) in [7, 11) is 0. The molecule has 0 aromatic carbocycles. The predicted octanol–water partition coefficient (Wildman–Crippen LogP) is 1.07. The number of thioether (sulfide) groups is 1. The fraction of sp³-hybridized carbons (Fsp3) is 0.400. The van der Waals surface area contributed by atoms with Gasteiger partial charge in [0.15, 0.2) is 5.16 Å². The molecule has 1 fully saturated rings. The third-order valence-electron chi connectivity index (χ3n) is 2.59. The minimum absolute atomic E-state index is 0.0883. The minimum atomic E-state index is -0.0883. The van der Waals surface area contributed by atoms with E-state index in [4.69, 9.17) is 0 Å². The van der Waals surface area contributed by atoms with Gasteiger partial charge < -0.3 is 9.88 Å². The molecule has 0 spiro atoms. The van der Waals surface area contributed by atoms with Crippen molar-refractivity contribution in [3.05, 3.63) is 18.6 Å². The molecule has 0 atom stereocenters. The van der Waals surface area contributed by atoms with Crippen LogP contribution in [0.4, 0.5) is 5.82 Å². The molecular weight excluding hydrogens is 252 g/mol. The van der Waals surface area contributed by atoms with Crippen LogP contribution < -0.4 is 5.32 Å². The molecular formula is C10H12N6OS. The van der Waals surface area contributed by atoms with E-state index in [9.17, 15) is 4.79 Å². The monoisotopic (exact) mass is 264 g/mol. The maximum absolute atomic E-state index is 11.7. The lowest BCUT2D eigenvalue weighted by molar-refractivity contribution is -0.113. The number of nitrogens with one attached hydrogen (secondary N) is 2. The molecule has 3 rings (SSSR count). The summed E-state index contributed by atoms with van der Waals surface area (Å²) < 4.78 is 2.04. The molecule has 0 saturated heterocycles. The van der Waals surface area contributed by atoms with Gasteiger partial charge in [-0.3, -0.25) is 9.89 Å². The van der Waals surface area contributed by atoms with Crippen LogP contribution in [-0.2, 0) is 4.79 Å². The standard InChI is InChI=1S/C10H12N6OS/c17-9(13-8-3-4-11-14-8)5-18-10-15-12-6-16(10)7-1-2-7/h3-4,6-7H,1-2,5H2,(H2,11,13,14,17). The molecule has 8 heteroatoms. The molecule has 18 heavy (non-hydrogen) atoms. The van der Waals surface area contributed by atoms with E-state index in [1.807, 2.05) is 4.57 Å². The lowest BCUT2D eigenvalue weighted by Gasteiger charge is -2.04. The summed E-state index contributed by atoms with van der Waals surface area (Å²) in [4.78, 5) is 11.7. The van der Waals surface area contributed by atoms with Crippen LogP contribution in [0.2, 0.25) is 0 Å². The zero-order valence-corrected chi connectivity index (χ0v) is 10.4. The van der Waals surface area contributed by atoms with Gasteiger partial charge in [-0.15, -0.1) is 10.2 Å². The first-order valence-corrected chi connectivity index (χ1v) is 6.63. The molecule has 2 aromatic rings. The number of aromatic nitrogens is 5. The first kappa shape index (κ1) is 11.3. The quantitative estimate of drug-likeness (QED) is 0.788. The summed E-state index contributed by atoms with van der Waals surface area (Å²) in [5.74, 6) is 0.823. The molecule has 0 unspecified atom stereocenters. The first-order chi connectivity index (χ1) is 8.83. The Balaban J connectivity index is 1.54. The second-order valence-corrected chi connectivity index (χ2v) is 5.00. The molecule has 0 aliphatic heterocycles. The van der Waals surface area contributed by atoms with E-state index >= 15 is 0 Å². The highest BCUT2D eigenvalue weighted by atomic mass is 32.2. The van der Waals surface area contributed by atoms with Gasteiger partial charge in [0, 0.05) is 12.1 Å². The van der Waals surface area contributed by atoms with Crippen LogP contribution in [0.3, 0.4) is 0 Å². The van der Waals surface area contributed by atoms with Crippen molar-refractivity contribution in [2.75, 3.05) is 11.1 Å². The van der Waals surface area contributed by atoms with Crippen molar-refractivity contribution >= 4 is 23.5 Å². The fourth-order valence-electron chi connectivity index (χ4n) is 1.58. The number of carbonyl (C=O) groups excluding carboxylic acids is 1. The molecule has 1 aliphatic carbocycles. The fourth-order valence-corrected chi connectivity index (χ4v) is 2.36. The highest BCUT2D eigenvalue weighted by Gasteiger charge is 2.26. The van der Waals surface area contributed by atoms with Gasteiger partial charge in [-0.05, 0) is 12.8 Å². The van der Waals surface area contributed by atoms with Gasteiger partial charge in [-0.1, -0.05) is 11.8 Å². The van der Waals surface area contributed by atoms with Crippen molar-refractivity contribution in [1.82, 2.24) is 25.0 Å². The van der Waals surface area contributed by atoms with Gasteiger partial charge in [0.25, 0.3) is 0 Å². The Kier molecular flexibility index (Phi) is 3.01. The summed E-state index contributed by atoms with van der Waals surface area (Å²) in [6, 6.07) is 2.23. The average Bonchev–Trinajstić information content (AvgIpc) is 2.90. The number of rotatable bonds is 5. The summed E-state index contributed by atoms with van der Waals surface area (Å²) in [5, 5.41) is 17.9. The molecule has 1 aliphatic rings. The van der Waals surface area contributed by atoms with E-state index in [0.29, 0.717) is 17.6 Å². The van der Waals surface area contributed by atoms with Gasteiger partial charge in [0.1, 0.15) is 12.1 Å². The summed E-state index contributed by atoms with van der Waals surface area (Å²) in [6.45, 7) is 0. The van der Waals surface area contributed by atoms with Gasteiger partial charge in [0.2, 0.25) is 5.91 Å². The Bertz CT molecular complexity index is 532. The Hall–Kier alpha value is -1.83. The van der Waals surface area contributed by atoms with Crippen LogP contribution in [0.1, 0.15) is 18.9 Å². The van der Waals surface area contributed by atoms with Crippen LogP contribution in [0.15, 0.2) is 23.7 Å². The van der Waals surface area contributed by atoms with E-state index in [0.717, 1.165) is 5.16 Å². The SMILES string of the molecule is O=C(CSc1nncn1C1CC1)Nc1ccn[nH]1. The third kappa shape index (κ3) is 2.53. The van der Waals surface area contributed by atoms with Crippen LogP contribution in [-0.4, -0.2) is 36.6 Å². The van der Waals surface area contributed by atoms with Crippen molar-refractivity contribution in [3.63, 3.8) is 0 Å². The van der Waals surface area contributed by atoms with Crippen molar-refractivity contribution < 1.29 is 4.79 Å². The zero-order valence-electron chi connectivity index (χ0n) is 9.54. The van der Waals surface area contributed by atoms with Crippen LogP contribution in [0.5, 0.6) is 0 Å². The second kappa shape index (κ2) is 4.81. The minimum Gasteiger partial charge on any atom is -0.310 e. The number of nitrogens with zero attached hydrogens (tertiary/aromatic N) is 4. The Morgan fingerprint density at radius 3 is 3.22 bits per heavy atom. The van der Waals surface area contributed by atoms with E-state index in [-0.39, 0.29) is 5.91 Å². The number of amides is 1. The van der Waals surface area contributed by atoms with Crippen molar-refractivity contribution in [2.45, 2.75) is 24.0 Å². The Morgan fingerprint density at radius 2 is 2.50 bits per heavy atom. The molecule has 0 radical (unpaired) electrons. The smallest absolute Gasteiger partial charge is 0.235 e. The van der Waals surface area contributed by atoms with Crippen molar-refractivity contribution in [2.24, 2.45) is 0 Å². The van der Waals surface area contributed by atoms with E-state index < -0.39 is 0 Å². The summed E-state index contributed by atoms with van der Waals surface area (Å²) in [5.41, 5.74) is 0.